The van der Waals surface area contributed by atoms with Crippen molar-refractivity contribution in [3.63, 3.8) is 0 Å². The number of carbonyl (C=O) groups excluding carboxylic acids is 1. The number of methoxy groups -OCH3 is 1. The summed E-state index contributed by atoms with van der Waals surface area (Å²) < 4.78 is 6.02. The zero-order valence-corrected chi connectivity index (χ0v) is 12.7. The van der Waals surface area contributed by atoms with Crippen LogP contribution in [0.25, 0.3) is 0 Å². The van der Waals surface area contributed by atoms with Crippen molar-refractivity contribution in [2.75, 3.05) is 7.11 Å². The average molecular weight is 314 g/mol. The first-order valence-electron chi connectivity index (χ1n) is 5.95. The third-order valence-electron chi connectivity index (χ3n) is 2.67. The minimum absolute atomic E-state index is 0.214. The highest BCUT2D eigenvalue weighted by molar-refractivity contribution is 9.10. The molecule has 0 atom stereocenters. The van der Waals surface area contributed by atoms with Crippen LogP contribution in [0.5, 0.6) is 5.75 Å². The van der Waals surface area contributed by atoms with Crippen LogP contribution in [-0.4, -0.2) is 18.4 Å². The number of hydrogen-bond donors (Lipinski definition) is 1. The molecule has 0 aliphatic heterocycles. The van der Waals surface area contributed by atoms with Crippen molar-refractivity contribution in [1.29, 1.82) is 0 Å². The number of nitrogens with two attached hydrogens (primary N) is 1. The van der Waals surface area contributed by atoms with Crippen molar-refractivity contribution in [3.05, 3.63) is 28.2 Å². The fourth-order valence-corrected chi connectivity index (χ4v) is 2.19. The Morgan fingerprint density at radius 1 is 1.44 bits per heavy atom. The molecule has 4 heteroatoms. The second-order valence-electron chi connectivity index (χ2n) is 5.17. The van der Waals surface area contributed by atoms with E-state index in [-0.39, 0.29) is 11.3 Å². The first-order chi connectivity index (χ1) is 8.31. The number of carbonyl (C=O) groups is 1. The van der Waals surface area contributed by atoms with E-state index in [1.165, 1.54) is 0 Å². The van der Waals surface area contributed by atoms with E-state index in [2.05, 4.69) is 15.9 Å². The third kappa shape index (κ3) is 5.19. The van der Waals surface area contributed by atoms with Crippen molar-refractivity contribution < 1.29 is 9.53 Å². The molecule has 0 amide bonds. The van der Waals surface area contributed by atoms with E-state index in [1.807, 2.05) is 32.0 Å². The van der Waals surface area contributed by atoms with E-state index < -0.39 is 0 Å². The molecule has 0 heterocycles. The van der Waals surface area contributed by atoms with Gasteiger partial charge in [0, 0.05) is 18.4 Å². The largest absolute Gasteiger partial charge is 0.496 e. The predicted octanol–water partition coefficient (Wildman–Crippen LogP) is 3.09. The summed E-state index contributed by atoms with van der Waals surface area (Å²) in [5.41, 5.74) is 6.57. The Morgan fingerprint density at radius 3 is 2.61 bits per heavy atom. The third-order valence-corrected chi connectivity index (χ3v) is 3.29. The second kappa shape index (κ2) is 6.34. The molecule has 0 unspecified atom stereocenters. The summed E-state index contributed by atoms with van der Waals surface area (Å²) in [5.74, 6) is 0.986. The van der Waals surface area contributed by atoms with Gasteiger partial charge < -0.3 is 10.5 Å². The molecule has 3 nitrogen and oxygen atoms in total. The Balaban J connectivity index is 2.57. The molecule has 0 spiro atoms. The van der Waals surface area contributed by atoms with Crippen molar-refractivity contribution in [2.45, 2.75) is 38.6 Å². The fraction of sp³-hybridized carbons (Fsp3) is 0.500. The van der Waals surface area contributed by atoms with Crippen molar-refractivity contribution in [3.8, 4) is 5.75 Å². The van der Waals surface area contributed by atoms with Gasteiger partial charge in [-0.15, -0.1) is 0 Å². The lowest BCUT2D eigenvalue weighted by Gasteiger charge is -2.17. The number of hydrogen-bond acceptors (Lipinski definition) is 3. The van der Waals surface area contributed by atoms with Crippen LogP contribution in [0.1, 0.15) is 32.3 Å². The van der Waals surface area contributed by atoms with Gasteiger partial charge in [-0.3, -0.25) is 4.79 Å². The van der Waals surface area contributed by atoms with Crippen LogP contribution in [0, 0.1) is 0 Å². The Hall–Kier alpha value is -0.870. The van der Waals surface area contributed by atoms with E-state index in [9.17, 15) is 4.79 Å². The maximum absolute atomic E-state index is 11.8. The van der Waals surface area contributed by atoms with Gasteiger partial charge in [-0.1, -0.05) is 6.07 Å². The molecule has 2 N–H and O–H groups in total. The number of benzene rings is 1. The van der Waals surface area contributed by atoms with Crippen LogP contribution in [0.2, 0.25) is 0 Å². The Bertz CT molecular complexity index is 424. The predicted molar refractivity (Wildman–Crippen MR) is 76.9 cm³/mol. The maximum Gasteiger partial charge on any atom is 0.137 e. The Morgan fingerprint density at radius 2 is 2.11 bits per heavy atom. The standard InChI is InChI=1S/C14H20BrNO2/c1-14(2,16)7-6-11(17)8-10-4-5-13(18-3)12(15)9-10/h4-5,9H,6-8,16H2,1-3H3. The molecule has 0 saturated carbocycles. The molecule has 18 heavy (non-hydrogen) atoms. The van der Waals surface area contributed by atoms with Gasteiger partial charge in [-0.05, 0) is 53.9 Å². The normalized spacial score (nSPS) is 11.4. The summed E-state index contributed by atoms with van der Waals surface area (Å²) >= 11 is 3.41. The van der Waals surface area contributed by atoms with Crippen molar-refractivity contribution >= 4 is 21.7 Å². The van der Waals surface area contributed by atoms with E-state index >= 15 is 0 Å². The van der Waals surface area contributed by atoms with E-state index in [4.69, 9.17) is 10.5 Å². The lowest BCUT2D eigenvalue weighted by molar-refractivity contribution is -0.118. The molecular weight excluding hydrogens is 294 g/mol. The van der Waals surface area contributed by atoms with Gasteiger partial charge in [0.25, 0.3) is 0 Å². The Kier molecular flexibility index (Phi) is 5.35. The molecule has 1 aromatic rings. The van der Waals surface area contributed by atoms with Crippen LogP contribution in [-0.2, 0) is 11.2 Å². The number of Topliss-reactive ketones (excluding diaryl/α,β-unsaturated/α-hetero) is 1. The summed E-state index contributed by atoms with van der Waals surface area (Å²) in [5, 5.41) is 0. The SMILES string of the molecule is COc1ccc(CC(=O)CCC(C)(C)N)cc1Br. The van der Waals surface area contributed by atoms with Crippen molar-refractivity contribution in [2.24, 2.45) is 5.73 Å². The van der Waals surface area contributed by atoms with Crippen molar-refractivity contribution in [1.82, 2.24) is 0 Å². The molecule has 100 valence electrons. The lowest BCUT2D eigenvalue weighted by Crippen LogP contribution is -2.32. The maximum atomic E-state index is 11.8. The van der Waals surface area contributed by atoms with Gasteiger partial charge in [0.2, 0.25) is 0 Å². The smallest absolute Gasteiger partial charge is 0.137 e. The molecule has 0 fully saturated rings. The highest BCUT2D eigenvalue weighted by Crippen LogP contribution is 2.26. The number of ether oxygens (including phenoxy) is 1. The Labute approximate surface area is 117 Å². The molecular formula is C14H20BrNO2. The molecule has 0 saturated heterocycles. The zero-order chi connectivity index (χ0) is 13.8. The van der Waals surface area contributed by atoms with Crippen LogP contribution in [0.4, 0.5) is 0 Å². The monoisotopic (exact) mass is 313 g/mol. The zero-order valence-electron chi connectivity index (χ0n) is 11.1. The van der Waals surface area contributed by atoms with Crippen LogP contribution in [0.15, 0.2) is 22.7 Å². The lowest BCUT2D eigenvalue weighted by atomic mass is 9.96. The number of halogens is 1. The summed E-state index contributed by atoms with van der Waals surface area (Å²) in [6, 6.07) is 5.69. The van der Waals surface area contributed by atoms with Gasteiger partial charge in [0.1, 0.15) is 11.5 Å². The van der Waals surface area contributed by atoms with Gasteiger partial charge in [-0.2, -0.15) is 0 Å². The highest BCUT2D eigenvalue weighted by Gasteiger charge is 2.14. The molecule has 0 aliphatic carbocycles. The molecule has 0 radical (unpaired) electrons. The molecule has 0 aromatic heterocycles. The quantitative estimate of drug-likeness (QED) is 0.878. The van der Waals surface area contributed by atoms with Gasteiger partial charge in [0.05, 0.1) is 11.6 Å². The molecule has 0 aliphatic rings. The topological polar surface area (TPSA) is 52.3 Å². The van der Waals surface area contributed by atoms with Crippen LogP contribution in [0.3, 0.4) is 0 Å². The minimum Gasteiger partial charge on any atom is -0.496 e. The van der Waals surface area contributed by atoms with E-state index in [1.54, 1.807) is 7.11 Å². The first kappa shape index (κ1) is 15.2. The number of rotatable bonds is 6. The summed E-state index contributed by atoms with van der Waals surface area (Å²) in [7, 11) is 1.62. The fourth-order valence-electron chi connectivity index (χ4n) is 1.60. The summed E-state index contributed by atoms with van der Waals surface area (Å²) in [6.45, 7) is 3.87. The van der Waals surface area contributed by atoms with Crippen LogP contribution < -0.4 is 10.5 Å². The second-order valence-corrected chi connectivity index (χ2v) is 6.03. The molecule has 0 bridgehead atoms. The summed E-state index contributed by atoms with van der Waals surface area (Å²) in [4.78, 5) is 11.8. The average Bonchev–Trinajstić information content (AvgIpc) is 2.26. The van der Waals surface area contributed by atoms with Gasteiger partial charge >= 0.3 is 0 Å². The number of ketones is 1. The minimum atomic E-state index is -0.282. The first-order valence-corrected chi connectivity index (χ1v) is 6.74. The van der Waals surface area contributed by atoms with Crippen LogP contribution >= 0.6 is 15.9 Å². The molecule has 1 aromatic carbocycles. The van der Waals surface area contributed by atoms with Gasteiger partial charge in [0.15, 0.2) is 0 Å². The highest BCUT2D eigenvalue weighted by atomic mass is 79.9. The van der Waals surface area contributed by atoms with Gasteiger partial charge in [-0.25, -0.2) is 0 Å². The van der Waals surface area contributed by atoms with E-state index in [0.29, 0.717) is 19.3 Å². The summed E-state index contributed by atoms with van der Waals surface area (Å²) in [6.07, 6.45) is 1.68. The van der Waals surface area contributed by atoms with E-state index in [0.717, 1.165) is 15.8 Å². The molecule has 1 rings (SSSR count).